The molecule has 0 bridgehead atoms. The number of nitrogens with zero attached hydrogens (tertiary/aromatic N) is 1. The molecule has 0 fully saturated rings. The minimum atomic E-state index is -5.06. The molecular formula is C22H27F3N2O6S2. The Morgan fingerprint density at radius 1 is 0.971 bits per heavy atom. The number of nitrogens with one attached hydrogen (secondary N) is 1. The van der Waals surface area contributed by atoms with Gasteiger partial charge in [-0.05, 0) is 35.7 Å². The predicted octanol–water partition coefficient (Wildman–Crippen LogP) is 3.93. The Hall–Kier alpha value is -2.64. The molecule has 1 amide bonds. The Bertz CT molecular complexity index is 1260. The number of carbonyl (C=O) groups is 1. The topological polar surface area (TPSA) is 110 Å². The summed E-state index contributed by atoms with van der Waals surface area (Å²) in [7, 11) is -7.75. The number of hydrogen-bond acceptors (Lipinski definition) is 6. The average Bonchev–Trinajstić information content (AvgIpc) is 2.76. The van der Waals surface area contributed by atoms with Gasteiger partial charge in [-0.15, -0.1) is 0 Å². The van der Waals surface area contributed by atoms with Gasteiger partial charge in [-0.3, -0.25) is 0 Å². The second-order valence-electron chi connectivity index (χ2n) is 8.91. The standard InChI is InChI=1S/C22H27F3N2O6S2/c1-21(2,3)15-33-20(28)27(4)13-12-26-35(31,32)19-14-17(10-11-18(19)22(23,24)25)34(29,30)16-8-6-5-7-9-16/h5-11,14,26H,12-13,15H2,1-4H3. The van der Waals surface area contributed by atoms with Gasteiger partial charge in [0.2, 0.25) is 19.9 Å². The van der Waals surface area contributed by atoms with E-state index in [9.17, 15) is 34.8 Å². The van der Waals surface area contributed by atoms with E-state index in [1.54, 1.807) is 6.07 Å². The molecule has 0 heterocycles. The number of amides is 1. The van der Waals surface area contributed by atoms with Gasteiger partial charge in [-0.2, -0.15) is 13.2 Å². The minimum absolute atomic E-state index is 0.111. The van der Waals surface area contributed by atoms with E-state index in [1.165, 1.54) is 31.3 Å². The molecule has 0 aliphatic heterocycles. The van der Waals surface area contributed by atoms with Gasteiger partial charge in [0.25, 0.3) is 0 Å². The maximum Gasteiger partial charge on any atom is 0.417 e. The zero-order valence-electron chi connectivity index (χ0n) is 19.6. The van der Waals surface area contributed by atoms with Crippen molar-refractivity contribution in [1.82, 2.24) is 9.62 Å². The molecule has 2 aromatic carbocycles. The third-order valence-corrected chi connectivity index (χ3v) is 7.86. The third-order valence-electron chi connectivity index (χ3n) is 4.59. The molecule has 2 rings (SSSR count). The molecule has 35 heavy (non-hydrogen) atoms. The molecule has 8 nitrogen and oxygen atoms in total. The maximum absolute atomic E-state index is 13.6. The zero-order valence-corrected chi connectivity index (χ0v) is 21.2. The van der Waals surface area contributed by atoms with Crippen LogP contribution in [0, 0.1) is 5.41 Å². The molecular weight excluding hydrogens is 509 g/mol. The van der Waals surface area contributed by atoms with Crippen LogP contribution in [0.2, 0.25) is 0 Å². The first kappa shape index (κ1) is 28.6. The molecule has 1 N–H and O–H groups in total. The van der Waals surface area contributed by atoms with E-state index >= 15 is 0 Å². The van der Waals surface area contributed by atoms with Crippen molar-refractivity contribution < 1.29 is 39.5 Å². The second-order valence-corrected chi connectivity index (χ2v) is 12.6. The van der Waals surface area contributed by atoms with Crippen molar-refractivity contribution in [3.05, 3.63) is 54.1 Å². The number of halogens is 3. The summed E-state index contributed by atoms with van der Waals surface area (Å²) in [5, 5.41) is 0. The van der Waals surface area contributed by atoms with E-state index in [0.29, 0.717) is 18.2 Å². The molecule has 2 aromatic rings. The lowest BCUT2D eigenvalue weighted by molar-refractivity contribution is -0.139. The Morgan fingerprint density at radius 3 is 2.11 bits per heavy atom. The van der Waals surface area contributed by atoms with Crippen LogP contribution in [0.5, 0.6) is 0 Å². The van der Waals surface area contributed by atoms with Crippen molar-refractivity contribution in [1.29, 1.82) is 0 Å². The molecule has 0 saturated carbocycles. The molecule has 194 valence electrons. The minimum Gasteiger partial charge on any atom is -0.449 e. The number of alkyl halides is 3. The van der Waals surface area contributed by atoms with Gasteiger partial charge in [0.05, 0.1) is 26.9 Å². The summed E-state index contributed by atoms with van der Waals surface area (Å²) in [5.41, 5.74) is -1.81. The lowest BCUT2D eigenvalue weighted by Gasteiger charge is -2.22. The van der Waals surface area contributed by atoms with Crippen LogP contribution in [-0.4, -0.2) is 54.6 Å². The summed E-state index contributed by atoms with van der Waals surface area (Å²) in [6.07, 6.45) is -5.79. The second kappa shape index (κ2) is 10.5. The zero-order chi connectivity index (χ0) is 26.7. The molecule has 0 aromatic heterocycles. The fourth-order valence-corrected chi connectivity index (χ4v) is 5.42. The predicted molar refractivity (Wildman–Crippen MR) is 122 cm³/mol. The monoisotopic (exact) mass is 536 g/mol. The number of benzene rings is 2. The molecule has 0 aliphatic carbocycles. The van der Waals surface area contributed by atoms with E-state index < -0.39 is 54.0 Å². The molecule has 0 atom stereocenters. The van der Waals surface area contributed by atoms with Crippen LogP contribution in [0.1, 0.15) is 26.3 Å². The van der Waals surface area contributed by atoms with Crippen molar-refractivity contribution in [3.8, 4) is 0 Å². The van der Waals surface area contributed by atoms with E-state index in [0.717, 1.165) is 4.90 Å². The Kier molecular flexibility index (Phi) is 8.61. The SMILES string of the molecule is CN(CCNS(=O)(=O)c1cc(S(=O)(=O)c2ccccc2)ccc1C(F)(F)F)C(=O)OCC(C)(C)C. The third kappa shape index (κ3) is 7.67. The number of hydrogen-bond donors (Lipinski definition) is 1. The van der Waals surface area contributed by atoms with Gasteiger partial charge in [0.15, 0.2) is 0 Å². The Labute approximate surface area is 203 Å². The number of rotatable bonds is 8. The highest BCUT2D eigenvalue weighted by molar-refractivity contribution is 7.91. The fraction of sp³-hybridized carbons (Fsp3) is 0.409. The van der Waals surface area contributed by atoms with E-state index in [4.69, 9.17) is 4.74 Å². The van der Waals surface area contributed by atoms with Crippen LogP contribution >= 0.6 is 0 Å². The van der Waals surface area contributed by atoms with Crippen LogP contribution in [0.3, 0.4) is 0 Å². The number of carbonyl (C=O) groups excluding carboxylic acids is 1. The Morgan fingerprint density at radius 2 is 1.57 bits per heavy atom. The lowest BCUT2D eigenvalue weighted by atomic mass is 9.99. The number of sulfone groups is 1. The van der Waals surface area contributed by atoms with Crippen LogP contribution in [0.25, 0.3) is 0 Å². The van der Waals surface area contributed by atoms with Crippen LogP contribution in [-0.2, 0) is 30.8 Å². The van der Waals surface area contributed by atoms with Crippen molar-refractivity contribution in [2.24, 2.45) is 5.41 Å². The van der Waals surface area contributed by atoms with E-state index in [-0.39, 0.29) is 23.5 Å². The van der Waals surface area contributed by atoms with Crippen LogP contribution in [0.15, 0.2) is 63.2 Å². The highest BCUT2D eigenvalue weighted by atomic mass is 32.2. The van der Waals surface area contributed by atoms with Crippen molar-refractivity contribution in [2.75, 3.05) is 26.7 Å². The smallest absolute Gasteiger partial charge is 0.417 e. The summed E-state index contributed by atoms with van der Waals surface area (Å²) in [4.78, 5) is 11.0. The largest absolute Gasteiger partial charge is 0.449 e. The molecule has 0 radical (unpaired) electrons. The molecule has 0 saturated heterocycles. The van der Waals surface area contributed by atoms with Gasteiger partial charge in [-0.1, -0.05) is 39.0 Å². The normalized spacial score (nSPS) is 12.9. The van der Waals surface area contributed by atoms with Gasteiger partial charge >= 0.3 is 12.3 Å². The molecule has 0 spiro atoms. The highest BCUT2D eigenvalue weighted by Gasteiger charge is 2.38. The molecule has 13 heteroatoms. The summed E-state index contributed by atoms with van der Waals surface area (Å²) >= 11 is 0. The van der Waals surface area contributed by atoms with Crippen LogP contribution in [0.4, 0.5) is 18.0 Å². The Balaban J connectivity index is 2.29. The maximum atomic E-state index is 13.6. The fourth-order valence-electron chi connectivity index (χ4n) is 2.77. The summed E-state index contributed by atoms with van der Waals surface area (Å²) in [6, 6.07) is 8.51. The number of likely N-dealkylation sites (N-methyl/N-ethyl adjacent to an activating group) is 1. The summed E-state index contributed by atoms with van der Waals surface area (Å²) in [5.74, 6) is 0. The van der Waals surface area contributed by atoms with Crippen molar-refractivity contribution in [2.45, 2.75) is 41.6 Å². The highest BCUT2D eigenvalue weighted by Crippen LogP contribution is 2.36. The van der Waals surface area contributed by atoms with Gasteiger partial charge in [0.1, 0.15) is 0 Å². The van der Waals surface area contributed by atoms with Crippen LogP contribution < -0.4 is 4.72 Å². The summed E-state index contributed by atoms with van der Waals surface area (Å²) in [6.45, 7) is 5.01. The average molecular weight is 537 g/mol. The lowest BCUT2D eigenvalue weighted by Crippen LogP contribution is -2.37. The van der Waals surface area contributed by atoms with Crippen molar-refractivity contribution in [3.63, 3.8) is 0 Å². The quantitative estimate of drug-likeness (QED) is 0.548. The number of sulfonamides is 1. The summed E-state index contributed by atoms with van der Waals surface area (Å²) < 4.78 is 99.0. The van der Waals surface area contributed by atoms with Gasteiger partial charge in [0, 0.05) is 20.1 Å². The van der Waals surface area contributed by atoms with Crippen molar-refractivity contribution >= 4 is 26.0 Å². The van der Waals surface area contributed by atoms with Gasteiger partial charge < -0.3 is 9.64 Å². The van der Waals surface area contributed by atoms with E-state index in [2.05, 4.69) is 0 Å². The first-order chi connectivity index (χ1) is 15.9. The molecule has 0 aliphatic rings. The molecule has 0 unspecified atom stereocenters. The number of ether oxygens (including phenoxy) is 1. The van der Waals surface area contributed by atoms with E-state index in [1.807, 2.05) is 25.5 Å². The first-order valence-electron chi connectivity index (χ1n) is 10.3. The first-order valence-corrected chi connectivity index (χ1v) is 13.3. The van der Waals surface area contributed by atoms with Gasteiger partial charge in [-0.25, -0.2) is 26.4 Å².